The number of allylic oxidation sites excluding steroid dienone is 1. The van der Waals surface area contributed by atoms with Gasteiger partial charge in [0.1, 0.15) is 5.82 Å². The summed E-state index contributed by atoms with van der Waals surface area (Å²) in [6.45, 7) is 6.47. The predicted octanol–water partition coefficient (Wildman–Crippen LogP) is 5.73. The number of anilines is 1. The van der Waals surface area contributed by atoms with Crippen LogP contribution in [-0.2, 0) is 23.9 Å². The van der Waals surface area contributed by atoms with Gasteiger partial charge in [0.15, 0.2) is 5.16 Å². The number of hydrogen-bond acceptors (Lipinski definition) is 4. The van der Waals surface area contributed by atoms with E-state index in [0.717, 1.165) is 37.2 Å². The Kier molecular flexibility index (Phi) is 9.42. The van der Waals surface area contributed by atoms with E-state index in [1.165, 1.54) is 43.2 Å². The third-order valence-electron chi connectivity index (χ3n) is 4.42. The van der Waals surface area contributed by atoms with Gasteiger partial charge >= 0.3 is 6.18 Å². The lowest BCUT2D eigenvalue weighted by Gasteiger charge is -2.10. The summed E-state index contributed by atoms with van der Waals surface area (Å²) in [7, 11) is 0. The number of rotatable bonds is 12. The standard InChI is InChI=1S/C21H27F3N4OS/c1-3-5-6-7-8-12-18-26-27-20(28(18)13-4-2)30-15-19(29)25-17-11-9-10-16(14-17)21(22,23)24/h4,9-11,14H,2-3,5-8,12-13,15H2,1H3,(H,25,29). The third kappa shape index (κ3) is 7.51. The quantitative estimate of drug-likeness (QED) is 0.260. The monoisotopic (exact) mass is 440 g/mol. The number of halogens is 3. The molecule has 0 fully saturated rings. The van der Waals surface area contributed by atoms with Crippen LogP contribution in [0.25, 0.3) is 0 Å². The zero-order chi connectivity index (χ0) is 22.0. The van der Waals surface area contributed by atoms with Gasteiger partial charge in [0.2, 0.25) is 5.91 Å². The van der Waals surface area contributed by atoms with Crippen molar-refractivity contribution in [3.8, 4) is 0 Å². The number of alkyl halides is 3. The van der Waals surface area contributed by atoms with Crippen molar-refractivity contribution in [2.75, 3.05) is 11.1 Å². The fourth-order valence-corrected chi connectivity index (χ4v) is 3.68. The molecule has 0 saturated carbocycles. The van der Waals surface area contributed by atoms with Crippen molar-refractivity contribution in [3.63, 3.8) is 0 Å². The molecule has 0 aliphatic carbocycles. The van der Waals surface area contributed by atoms with Crippen LogP contribution in [0, 0.1) is 0 Å². The highest BCUT2D eigenvalue weighted by molar-refractivity contribution is 7.99. The molecule has 0 atom stereocenters. The number of hydrogen-bond donors (Lipinski definition) is 1. The topological polar surface area (TPSA) is 59.8 Å². The molecule has 0 aliphatic rings. The van der Waals surface area contributed by atoms with E-state index in [4.69, 9.17) is 0 Å². The van der Waals surface area contributed by atoms with Crippen LogP contribution >= 0.6 is 11.8 Å². The van der Waals surface area contributed by atoms with Crippen molar-refractivity contribution >= 4 is 23.4 Å². The van der Waals surface area contributed by atoms with Crippen LogP contribution in [0.3, 0.4) is 0 Å². The SMILES string of the molecule is C=CCn1c(CCCCCCC)nnc1SCC(=O)Nc1cccc(C(F)(F)F)c1. The summed E-state index contributed by atoms with van der Waals surface area (Å²) < 4.78 is 40.3. The average molecular weight is 441 g/mol. The number of nitrogens with one attached hydrogen (secondary N) is 1. The average Bonchev–Trinajstić information content (AvgIpc) is 3.08. The van der Waals surface area contributed by atoms with Gasteiger partial charge in [0, 0.05) is 18.7 Å². The number of carbonyl (C=O) groups is 1. The van der Waals surface area contributed by atoms with E-state index in [2.05, 4.69) is 29.0 Å². The second-order valence-corrected chi connectivity index (χ2v) is 7.82. The fourth-order valence-electron chi connectivity index (χ4n) is 2.91. The second kappa shape index (κ2) is 11.8. The predicted molar refractivity (Wildman–Crippen MR) is 113 cm³/mol. The van der Waals surface area contributed by atoms with Gasteiger partial charge < -0.3 is 9.88 Å². The zero-order valence-corrected chi connectivity index (χ0v) is 17.9. The summed E-state index contributed by atoms with van der Waals surface area (Å²) in [5.74, 6) is 0.461. The molecular formula is C21H27F3N4OS. The van der Waals surface area contributed by atoms with E-state index < -0.39 is 17.6 Å². The van der Waals surface area contributed by atoms with Crippen molar-refractivity contribution in [1.29, 1.82) is 0 Å². The maximum atomic E-state index is 12.8. The van der Waals surface area contributed by atoms with E-state index in [0.29, 0.717) is 11.7 Å². The van der Waals surface area contributed by atoms with Crippen LogP contribution in [0.4, 0.5) is 18.9 Å². The summed E-state index contributed by atoms with van der Waals surface area (Å²) in [6.07, 6.45) is 3.87. The van der Waals surface area contributed by atoms with Gasteiger partial charge in [0.25, 0.3) is 0 Å². The number of aromatic nitrogens is 3. The molecule has 0 saturated heterocycles. The van der Waals surface area contributed by atoms with Gasteiger partial charge in [-0.2, -0.15) is 13.2 Å². The number of thioether (sulfide) groups is 1. The Bertz CT molecular complexity index is 836. The Morgan fingerprint density at radius 3 is 2.70 bits per heavy atom. The Morgan fingerprint density at radius 1 is 1.23 bits per heavy atom. The summed E-state index contributed by atoms with van der Waals surface area (Å²) in [4.78, 5) is 12.2. The first-order valence-corrected chi connectivity index (χ1v) is 11.0. The van der Waals surface area contributed by atoms with Crippen molar-refractivity contribution in [3.05, 3.63) is 48.3 Å². The Labute approximate surface area is 179 Å². The minimum atomic E-state index is -4.45. The maximum Gasteiger partial charge on any atom is 0.416 e. The van der Waals surface area contributed by atoms with E-state index in [-0.39, 0.29) is 11.4 Å². The molecule has 0 spiro atoms. The van der Waals surface area contributed by atoms with Crippen LogP contribution in [0.15, 0.2) is 42.1 Å². The summed E-state index contributed by atoms with van der Waals surface area (Å²) >= 11 is 1.20. The lowest BCUT2D eigenvalue weighted by molar-refractivity contribution is -0.137. The summed E-state index contributed by atoms with van der Waals surface area (Å²) in [5, 5.41) is 11.5. The van der Waals surface area contributed by atoms with E-state index in [1.54, 1.807) is 6.08 Å². The lowest BCUT2D eigenvalue weighted by atomic mass is 10.1. The van der Waals surface area contributed by atoms with E-state index >= 15 is 0 Å². The van der Waals surface area contributed by atoms with Crippen molar-refractivity contribution in [1.82, 2.24) is 14.8 Å². The number of nitrogens with zero attached hydrogens (tertiary/aromatic N) is 3. The van der Waals surface area contributed by atoms with E-state index in [9.17, 15) is 18.0 Å². The Hall–Kier alpha value is -2.29. The molecule has 164 valence electrons. The van der Waals surface area contributed by atoms with Crippen LogP contribution in [-0.4, -0.2) is 26.4 Å². The van der Waals surface area contributed by atoms with Crippen LogP contribution < -0.4 is 5.32 Å². The van der Waals surface area contributed by atoms with Gasteiger partial charge in [-0.15, -0.1) is 16.8 Å². The van der Waals surface area contributed by atoms with Crippen molar-refractivity contribution in [2.24, 2.45) is 0 Å². The van der Waals surface area contributed by atoms with Gasteiger partial charge in [-0.25, -0.2) is 0 Å². The third-order valence-corrected chi connectivity index (χ3v) is 5.38. The Balaban J connectivity index is 1.93. The van der Waals surface area contributed by atoms with Crippen molar-refractivity contribution < 1.29 is 18.0 Å². The second-order valence-electron chi connectivity index (χ2n) is 6.88. The summed E-state index contributed by atoms with van der Waals surface area (Å²) in [6, 6.07) is 4.57. The smallest absolute Gasteiger partial charge is 0.325 e. The number of unbranched alkanes of at least 4 members (excludes halogenated alkanes) is 4. The molecule has 1 aromatic carbocycles. The number of carbonyl (C=O) groups excluding carboxylic acids is 1. The number of amides is 1. The first-order chi connectivity index (χ1) is 14.3. The molecule has 2 rings (SSSR count). The number of benzene rings is 1. The molecule has 1 amide bonds. The lowest BCUT2D eigenvalue weighted by Crippen LogP contribution is -2.15. The largest absolute Gasteiger partial charge is 0.416 e. The molecule has 30 heavy (non-hydrogen) atoms. The molecule has 1 heterocycles. The highest BCUT2D eigenvalue weighted by Gasteiger charge is 2.30. The molecule has 0 aliphatic heterocycles. The van der Waals surface area contributed by atoms with Crippen LogP contribution in [0.2, 0.25) is 0 Å². The van der Waals surface area contributed by atoms with Gasteiger partial charge in [-0.3, -0.25) is 4.79 Å². The molecule has 1 aromatic heterocycles. The minimum Gasteiger partial charge on any atom is -0.325 e. The highest BCUT2D eigenvalue weighted by Crippen LogP contribution is 2.30. The first-order valence-electron chi connectivity index (χ1n) is 9.98. The molecule has 2 aromatic rings. The van der Waals surface area contributed by atoms with Gasteiger partial charge in [-0.1, -0.05) is 56.5 Å². The first kappa shape index (κ1) is 24.0. The maximum absolute atomic E-state index is 12.8. The molecule has 9 heteroatoms. The van der Waals surface area contributed by atoms with Gasteiger partial charge in [0.05, 0.1) is 11.3 Å². The highest BCUT2D eigenvalue weighted by atomic mass is 32.2. The molecule has 0 bridgehead atoms. The van der Waals surface area contributed by atoms with Crippen molar-refractivity contribution in [2.45, 2.75) is 63.3 Å². The fraction of sp³-hybridized carbons (Fsp3) is 0.476. The molecule has 0 unspecified atom stereocenters. The van der Waals surface area contributed by atoms with Crippen LogP contribution in [0.5, 0.6) is 0 Å². The molecular weight excluding hydrogens is 413 g/mol. The summed E-state index contributed by atoms with van der Waals surface area (Å²) in [5.41, 5.74) is -0.696. The molecule has 0 radical (unpaired) electrons. The molecule has 5 nitrogen and oxygen atoms in total. The zero-order valence-electron chi connectivity index (χ0n) is 17.0. The van der Waals surface area contributed by atoms with E-state index in [1.807, 2.05) is 4.57 Å². The molecule has 1 N–H and O–H groups in total. The van der Waals surface area contributed by atoms with Gasteiger partial charge in [-0.05, 0) is 24.6 Å². The normalized spacial score (nSPS) is 11.5. The Morgan fingerprint density at radius 2 is 2.00 bits per heavy atom. The minimum absolute atomic E-state index is 0.0159. The number of aryl methyl sites for hydroxylation is 1. The van der Waals surface area contributed by atoms with Crippen LogP contribution in [0.1, 0.15) is 50.4 Å².